The average Bonchev–Trinajstić information content (AvgIpc) is 3.44. The van der Waals surface area contributed by atoms with Crippen LogP contribution in [0.2, 0.25) is 5.02 Å². The van der Waals surface area contributed by atoms with Gasteiger partial charge < -0.3 is 9.32 Å². The Morgan fingerprint density at radius 1 is 1.07 bits per heavy atom. The number of nitrogens with one attached hydrogen (secondary N) is 1. The molecule has 1 N–H and O–H groups in total. The number of para-hydroxylation sites is 1. The molecular formula is C21H18ClN4O3+. The van der Waals surface area contributed by atoms with E-state index in [1.165, 1.54) is 0 Å². The molecule has 5 rings (SSSR count). The minimum Gasteiger partial charge on any atom is -0.415 e. The molecule has 0 radical (unpaired) electrons. The highest BCUT2D eigenvalue weighted by molar-refractivity contribution is 6.52. The van der Waals surface area contributed by atoms with Gasteiger partial charge in [-0.05, 0) is 36.4 Å². The van der Waals surface area contributed by atoms with Gasteiger partial charge in [-0.3, -0.25) is 14.5 Å². The zero-order valence-electron chi connectivity index (χ0n) is 15.5. The van der Waals surface area contributed by atoms with Crippen LogP contribution in [0.3, 0.4) is 0 Å². The number of benzene rings is 2. The number of carbonyl (C=O) groups excluding carboxylic acids is 2. The van der Waals surface area contributed by atoms with Gasteiger partial charge in [0.05, 0.1) is 17.3 Å². The fourth-order valence-electron chi connectivity index (χ4n) is 3.66. The first-order valence-corrected chi connectivity index (χ1v) is 9.86. The first-order chi connectivity index (χ1) is 14.1. The maximum absolute atomic E-state index is 12.5. The van der Waals surface area contributed by atoms with Gasteiger partial charge in [-0.15, -0.1) is 10.2 Å². The summed E-state index contributed by atoms with van der Waals surface area (Å²) in [5.41, 5.74) is 1.94. The van der Waals surface area contributed by atoms with Crippen molar-refractivity contribution >= 4 is 29.0 Å². The summed E-state index contributed by atoms with van der Waals surface area (Å²) >= 11 is 5.93. The predicted octanol–water partition coefficient (Wildman–Crippen LogP) is 2.12. The van der Waals surface area contributed by atoms with E-state index in [4.69, 9.17) is 16.0 Å². The van der Waals surface area contributed by atoms with Crippen molar-refractivity contribution in [1.82, 2.24) is 10.2 Å². The molecule has 1 aromatic heterocycles. The summed E-state index contributed by atoms with van der Waals surface area (Å²) < 4.78 is 5.84. The maximum atomic E-state index is 12.5. The average molecular weight is 410 g/mol. The van der Waals surface area contributed by atoms with Crippen LogP contribution in [0.25, 0.3) is 11.5 Å². The molecule has 7 nitrogen and oxygen atoms in total. The van der Waals surface area contributed by atoms with E-state index in [9.17, 15) is 9.59 Å². The molecule has 146 valence electrons. The smallest absolute Gasteiger partial charge is 0.303 e. The molecule has 0 bridgehead atoms. The first-order valence-electron chi connectivity index (χ1n) is 9.48. The predicted molar refractivity (Wildman–Crippen MR) is 106 cm³/mol. The van der Waals surface area contributed by atoms with E-state index >= 15 is 0 Å². The van der Waals surface area contributed by atoms with Gasteiger partial charge in [0.15, 0.2) is 13.2 Å². The topological polar surface area (TPSA) is 80.7 Å². The number of amides is 1. The molecule has 1 amide bonds. The van der Waals surface area contributed by atoms with Crippen LogP contribution in [0.1, 0.15) is 29.1 Å². The van der Waals surface area contributed by atoms with Gasteiger partial charge in [0, 0.05) is 23.4 Å². The Morgan fingerprint density at radius 2 is 1.83 bits per heavy atom. The highest BCUT2D eigenvalue weighted by Gasteiger charge is 2.41. The Hall–Kier alpha value is -3.03. The normalized spacial score (nSPS) is 16.9. The third-order valence-corrected chi connectivity index (χ3v) is 5.58. The van der Waals surface area contributed by atoms with Crippen LogP contribution in [0.15, 0.2) is 52.9 Å². The lowest BCUT2D eigenvalue weighted by molar-refractivity contribution is -0.924. The van der Waals surface area contributed by atoms with Crippen molar-refractivity contribution in [3.8, 4) is 11.5 Å². The molecular weight excluding hydrogens is 392 g/mol. The molecule has 2 aromatic carbocycles. The molecule has 8 heteroatoms. The van der Waals surface area contributed by atoms with Gasteiger partial charge in [0.1, 0.15) is 0 Å². The number of hydrogen-bond donors (Lipinski definition) is 1. The highest BCUT2D eigenvalue weighted by atomic mass is 35.5. The van der Waals surface area contributed by atoms with Crippen molar-refractivity contribution in [2.24, 2.45) is 0 Å². The van der Waals surface area contributed by atoms with E-state index in [1.54, 1.807) is 29.2 Å². The summed E-state index contributed by atoms with van der Waals surface area (Å²) in [5.74, 6) is 0.0167. The lowest BCUT2D eigenvalue weighted by Gasteiger charge is -2.23. The summed E-state index contributed by atoms with van der Waals surface area (Å²) in [6.07, 6.45) is 2.15. The molecule has 1 atom stereocenters. The van der Waals surface area contributed by atoms with E-state index in [1.807, 2.05) is 24.3 Å². The lowest BCUT2D eigenvalue weighted by Crippen LogP contribution is -3.13. The number of hydrogen-bond acceptors (Lipinski definition) is 5. The largest absolute Gasteiger partial charge is 0.415 e. The fraction of sp³-hybridized carbons (Fsp3) is 0.238. The Bertz CT molecular complexity index is 1090. The number of carbonyl (C=O) groups is 2. The molecule has 0 saturated heterocycles. The first kappa shape index (κ1) is 18.0. The van der Waals surface area contributed by atoms with Crippen LogP contribution in [0, 0.1) is 0 Å². The van der Waals surface area contributed by atoms with E-state index in [2.05, 4.69) is 10.2 Å². The highest BCUT2D eigenvalue weighted by Crippen LogP contribution is 2.28. The van der Waals surface area contributed by atoms with Crippen molar-refractivity contribution < 1.29 is 18.9 Å². The van der Waals surface area contributed by atoms with Gasteiger partial charge >= 0.3 is 5.91 Å². The molecule has 3 aromatic rings. The number of rotatable bonds is 6. The van der Waals surface area contributed by atoms with Gasteiger partial charge in [0.2, 0.25) is 5.89 Å². The molecule has 1 saturated carbocycles. The quantitative estimate of drug-likeness (QED) is 0.631. The summed E-state index contributed by atoms with van der Waals surface area (Å²) in [5, 5.41) is 8.95. The number of anilines is 1. The van der Waals surface area contributed by atoms with Crippen LogP contribution in [-0.2, 0) is 11.3 Å². The summed E-state index contributed by atoms with van der Waals surface area (Å²) in [4.78, 5) is 27.5. The number of ketones is 1. The molecule has 0 spiro atoms. The number of nitrogens with zero attached hydrogens (tertiary/aromatic N) is 3. The second kappa shape index (κ2) is 7.09. The third kappa shape index (κ3) is 3.43. The number of Topliss-reactive ketones (excluding diaryl/α,β-unsaturated/α-hetero) is 1. The minimum absolute atomic E-state index is 0.394. The number of fused-ring (bicyclic) bond motifs is 1. The Kier molecular flexibility index (Phi) is 4.41. The zero-order valence-corrected chi connectivity index (χ0v) is 16.2. The fourth-order valence-corrected chi connectivity index (χ4v) is 3.78. The van der Waals surface area contributed by atoms with E-state index in [0.717, 1.165) is 23.3 Å². The maximum Gasteiger partial charge on any atom is 0.303 e. The van der Waals surface area contributed by atoms with Crippen molar-refractivity contribution in [2.45, 2.75) is 25.4 Å². The van der Waals surface area contributed by atoms with E-state index in [0.29, 0.717) is 47.3 Å². The Balaban J connectivity index is 1.35. The van der Waals surface area contributed by atoms with Crippen molar-refractivity contribution in [2.75, 3.05) is 11.6 Å². The third-order valence-electron chi connectivity index (χ3n) is 5.33. The van der Waals surface area contributed by atoms with E-state index < -0.39 is 11.7 Å². The lowest BCUT2D eigenvalue weighted by atomic mass is 10.1. The van der Waals surface area contributed by atoms with Crippen molar-refractivity contribution in [3.05, 3.63) is 65.0 Å². The molecule has 1 aliphatic carbocycles. The molecule has 2 aliphatic rings. The second-order valence-electron chi connectivity index (χ2n) is 7.35. The van der Waals surface area contributed by atoms with E-state index in [-0.39, 0.29) is 0 Å². The number of halogens is 1. The molecule has 1 unspecified atom stereocenters. The number of quaternary nitrogens is 1. The van der Waals surface area contributed by atoms with Gasteiger partial charge in [-0.25, -0.2) is 0 Å². The monoisotopic (exact) mass is 409 g/mol. The SMILES string of the molecule is O=C1C(=O)N(C[NH+](Cc2nnc(-c3ccc(Cl)cc3)o2)C2CC2)c2ccccc21. The standard InChI is InChI=1S/C21H17ClN4O3/c22-14-7-5-13(6-8-14)20-24-23-18(29-20)11-25(15-9-10-15)12-26-17-4-2-1-3-16(17)19(27)21(26)28/h1-8,15H,9-12H2/p+1. The molecule has 1 aliphatic heterocycles. The molecule has 29 heavy (non-hydrogen) atoms. The van der Waals surface area contributed by atoms with Gasteiger partial charge in [0.25, 0.3) is 11.7 Å². The van der Waals surface area contributed by atoms with Crippen LogP contribution >= 0.6 is 11.6 Å². The Morgan fingerprint density at radius 3 is 2.59 bits per heavy atom. The van der Waals surface area contributed by atoms with Crippen molar-refractivity contribution in [3.63, 3.8) is 0 Å². The van der Waals surface area contributed by atoms with Crippen molar-refractivity contribution in [1.29, 1.82) is 0 Å². The van der Waals surface area contributed by atoms with Crippen LogP contribution in [0.4, 0.5) is 5.69 Å². The number of aromatic nitrogens is 2. The summed E-state index contributed by atoms with van der Waals surface area (Å²) in [7, 11) is 0. The summed E-state index contributed by atoms with van der Waals surface area (Å²) in [6, 6.07) is 14.7. The second-order valence-corrected chi connectivity index (χ2v) is 7.79. The molecule has 1 fully saturated rings. The minimum atomic E-state index is -0.475. The van der Waals surface area contributed by atoms with Gasteiger partial charge in [-0.1, -0.05) is 23.7 Å². The van der Waals surface area contributed by atoms with Crippen LogP contribution in [0.5, 0.6) is 0 Å². The Labute approximate surface area is 171 Å². The molecule has 2 heterocycles. The van der Waals surface area contributed by atoms with Gasteiger partial charge in [-0.2, -0.15) is 0 Å². The zero-order chi connectivity index (χ0) is 20.0. The summed E-state index contributed by atoms with van der Waals surface area (Å²) in [6.45, 7) is 0.885. The van der Waals surface area contributed by atoms with Crippen LogP contribution < -0.4 is 9.80 Å². The van der Waals surface area contributed by atoms with Crippen LogP contribution in [-0.4, -0.2) is 34.6 Å².